The molecule has 0 aromatic carbocycles. The van der Waals surface area contributed by atoms with Crippen LogP contribution >= 0.6 is 15.9 Å². The largest absolute Gasteiger partial charge is 0.394 e. The third kappa shape index (κ3) is 2.73. The number of aliphatic hydroxyl groups is 1. The van der Waals surface area contributed by atoms with E-state index in [0.717, 1.165) is 19.3 Å². The smallest absolute Gasteiger partial charge is 0.283 e. The molecule has 1 heterocycles. The van der Waals surface area contributed by atoms with Crippen molar-refractivity contribution in [1.82, 2.24) is 9.78 Å². The van der Waals surface area contributed by atoms with Crippen LogP contribution in [0.3, 0.4) is 0 Å². The molecule has 100 valence electrons. The van der Waals surface area contributed by atoms with Gasteiger partial charge in [0.05, 0.1) is 25.0 Å². The van der Waals surface area contributed by atoms with Gasteiger partial charge >= 0.3 is 0 Å². The minimum absolute atomic E-state index is 0.111. The first-order chi connectivity index (χ1) is 8.63. The molecule has 0 bridgehead atoms. The van der Waals surface area contributed by atoms with Crippen LogP contribution in [0, 0.1) is 0 Å². The number of nitrogens with one attached hydrogen (secondary N) is 1. The predicted octanol–water partition coefficient (Wildman–Crippen LogP) is 0.290. The molecule has 1 fully saturated rings. The highest BCUT2D eigenvalue weighted by Gasteiger charge is 2.24. The Morgan fingerprint density at radius 2 is 2.39 bits per heavy atom. The van der Waals surface area contributed by atoms with Crippen molar-refractivity contribution in [1.29, 1.82) is 0 Å². The van der Waals surface area contributed by atoms with Gasteiger partial charge in [0.1, 0.15) is 4.47 Å². The molecule has 1 aromatic rings. The van der Waals surface area contributed by atoms with E-state index in [2.05, 4.69) is 26.3 Å². The van der Waals surface area contributed by atoms with Crippen molar-refractivity contribution in [2.45, 2.75) is 37.9 Å². The van der Waals surface area contributed by atoms with Gasteiger partial charge in [-0.05, 0) is 35.2 Å². The van der Waals surface area contributed by atoms with E-state index in [0.29, 0.717) is 10.2 Å². The molecule has 0 radical (unpaired) electrons. The van der Waals surface area contributed by atoms with Crippen LogP contribution in [0.4, 0.5) is 5.69 Å². The van der Waals surface area contributed by atoms with Gasteiger partial charge in [-0.15, -0.1) is 0 Å². The number of nitrogens with zero attached hydrogens (tertiary/aromatic N) is 2. The van der Waals surface area contributed by atoms with Crippen molar-refractivity contribution in [2.75, 3.05) is 11.9 Å². The van der Waals surface area contributed by atoms with Gasteiger partial charge in [0.15, 0.2) is 0 Å². The number of hydrogen-bond donors (Lipinski definition) is 3. The van der Waals surface area contributed by atoms with E-state index in [4.69, 9.17) is 10.8 Å². The number of aliphatic hydroxyl groups excluding tert-OH is 1. The van der Waals surface area contributed by atoms with Crippen LogP contribution in [0.2, 0.25) is 0 Å². The number of rotatable bonds is 4. The summed E-state index contributed by atoms with van der Waals surface area (Å²) < 4.78 is 1.66. The van der Waals surface area contributed by atoms with Crippen molar-refractivity contribution in [3.8, 4) is 0 Å². The third-order valence-electron chi connectivity index (χ3n) is 3.21. The summed E-state index contributed by atoms with van der Waals surface area (Å²) in [5.41, 5.74) is 6.39. The molecule has 1 aliphatic carbocycles. The summed E-state index contributed by atoms with van der Waals surface area (Å²) in [7, 11) is 0. The SMILES string of the molecule is NC1CCCC1Nc1cnn(CCO)c(=O)c1Br. The number of anilines is 1. The van der Waals surface area contributed by atoms with Crippen molar-refractivity contribution in [3.05, 3.63) is 21.0 Å². The zero-order valence-electron chi connectivity index (χ0n) is 9.97. The highest BCUT2D eigenvalue weighted by Crippen LogP contribution is 2.24. The molecule has 2 atom stereocenters. The number of halogens is 1. The lowest BCUT2D eigenvalue weighted by Gasteiger charge is -2.19. The van der Waals surface area contributed by atoms with E-state index >= 15 is 0 Å². The summed E-state index contributed by atoms with van der Waals surface area (Å²) in [6.45, 7) is 0.0836. The fraction of sp³-hybridized carbons (Fsp3) is 0.636. The van der Waals surface area contributed by atoms with Gasteiger partial charge in [-0.1, -0.05) is 0 Å². The maximum atomic E-state index is 11.9. The average Bonchev–Trinajstić information content (AvgIpc) is 2.75. The van der Waals surface area contributed by atoms with Crippen molar-refractivity contribution < 1.29 is 5.11 Å². The molecule has 2 unspecified atom stereocenters. The number of aromatic nitrogens is 2. The number of hydrogen-bond acceptors (Lipinski definition) is 5. The van der Waals surface area contributed by atoms with Crippen LogP contribution in [0.25, 0.3) is 0 Å². The quantitative estimate of drug-likeness (QED) is 0.742. The molecular weight excluding hydrogens is 300 g/mol. The zero-order valence-corrected chi connectivity index (χ0v) is 11.6. The van der Waals surface area contributed by atoms with Gasteiger partial charge in [-0.3, -0.25) is 4.79 Å². The van der Waals surface area contributed by atoms with E-state index in [-0.39, 0.29) is 30.8 Å². The van der Waals surface area contributed by atoms with Crippen molar-refractivity contribution in [3.63, 3.8) is 0 Å². The first-order valence-corrected chi connectivity index (χ1v) is 6.81. The second kappa shape index (κ2) is 5.81. The summed E-state index contributed by atoms with van der Waals surface area (Å²) in [4.78, 5) is 11.9. The topological polar surface area (TPSA) is 93.2 Å². The van der Waals surface area contributed by atoms with Gasteiger partial charge in [0, 0.05) is 12.1 Å². The minimum Gasteiger partial charge on any atom is -0.394 e. The zero-order chi connectivity index (χ0) is 13.1. The highest BCUT2D eigenvalue weighted by atomic mass is 79.9. The van der Waals surface area contributed by atoms with Crippen molar-refractivity contribution in [2.24, 2.45) is 5.73 Å². The lowest BCUT2D eigenvalue weighted by Crippen LogP contribution is -2.36. The fourth-order valence-electron chi connectivity index (χ4n) is 2.19. The van der Waals surface area contributed by atoms with Gasteiger partial charge in [-0.2, -0.15) is 5.10 Å². The lowest BCUT2D eigenvalue weighted by molar-refractivity contribution is 0.266. The molecule has 1 aromatic heterocycles. The molecule has 2 rings (SSSR count). The van der Waals surface area contributed by atoms with Gasteiger partial charge in [0.2, 0.25) is 0 Å². The van der Waals surface area contributed by atoms with Crippen LogP contribution in [0.5, 0.6) is 0 Å². The molecule has 0 aliphatic heterocycles. The Balaban J connectivity index is 2.19. The van der Waals surface area contributed by atoms with E-state index in [1.54, 1.807) is 6.20 Å². The van der Waals surface area contributed by atoms with E-state index in [1.165, 1.54) is 4.68 Å². The summed E-state index contributed by atoms with van der Waals surface area (Å²) in [5, 5.41) is 16.1. The van der Waals surface area contributed by atoms with Crippen LogP contribution < -0.4 is 16.6 Å². The van der Waals surface area contributed by atoms with E-state index < -0.39 is 0 Å². The van der Waals surface area contributed by atoms with Gasteiger partial charge < -0.3 is 16.2 Å². The Morgan fingerprint density at radius 1 is 1.61 bits per heavy atom. The van der Waals surface area contributed by atoms with Crippen LogP contribution in [-0.2, 0) is 6.54 Å². The van der Waals surface area contributed by atoms with E-state index in [9.17, 15) is 4.79 Å². The molecule has 1 saturated carbocycles. The molecule has 6 nitrogen and oxygen atoms in total. The molecular formula is C11H17BrN4O2. The molecule has 0 saturated heterocycles. The van der Waals surface area contributed by atoms with Crippen molar-refractivity contribution >= 4 is 21.6 Å². The minimum atomic E-state index is -0.249. The Kier molecular flexibility index (Phi) is 4.36. The Hall–Kier alpha value is -0.920. The van der Waals surface area contributed by atoms with Crippen LogP contribution in [0.1, 0.15) is 19.3 Å². The Bertz CT molecular complexity index is 477. The maximum absolute atomic E-state index is 11.9. The standard InChI is InChI=1S/C11H17BrN4O2/c12-10-9(15-8-3-1-2-7(8)13)6-14-16(4-5-17)11(10)18/h6-8,15,17H,1-5,13H2. The summed E-state index contributed by atoms with van der Waals surface area (Å²) >= 11 is 3.27. The fourth-order valence-corrected chi connectivity index (χ4v) is 2.61. The maximum Gasteiger partial charge on any atom is 0.283 e. The molecule has 18 heavy (non-hydrogen) atoms. The first kappa shape index (κ1) is 13.5. The second-order valence-corrected chi connectivity index (χ2v) is 5.26. The Labute approximate surface area is 113 Å². The second-order valence-electron chi connectivity index (χ2n) is 4.47. The van der Waals surface area contributed by atoms with E-state index in [1.807, 2.05) is 0 Å². The number of nitrogens with two attached hydrogens (primary N) is 1. The molecule has 4 N–H and O–H groups in total. The van der Waals surface area contributed by atoms with Crippen LogP contribution in [0.15, 0.2) is 15.5 Å². The normalized spacial score (nSPS) is 23.3. The molecule has 0 spiro atoms. The molecule has 0 amide bonds. The van der Waals surface area contributed by atoms with Gasteiger partial charge in [-0.25, -0.2) is 4.68 Å². The Morgan fingerprint density at radius 3 is 3.00 bits per heavy atom. The monoisotopic (exact) mass is 316 g/mol. The highest BCUT2D eigenvalue weighted by molar-refractivity contribution is 9.10. The molecule has 7 heteroatoms. The molecule has 1 aliphatic rings. The van der Waals surface area contributed by atoms with Gasteiger partial charge in [0.25, 0.3) is 5.56 Å². The lowest BCUT2D eigenvalue weighted by atomic mass is 10.2. The summed E-state index contributed by atoms with van der Waals surface area (Å²) in [5.74, 6) is 0. The first-order valence-electron chi connectivity index (χ1n) is 6.02. The summed E-state index contributed by atoms with van der Waals surface area (Å²) in [6, 6.07) is 0.313. The third-order valence-corrected chi connectivity index (χ3v) is 3.97. The average molecular weight is 317 g/mol. The summed E-state index contributed by atoms with van der Waals surface area (Å²) in [6.07, 6.45) is 4.70. The predicted molar refractivity (Wildman–Crippen MR) is 72.5 cm³/mol. The van der Waals surface area contributed by atoms with Crippen LogP contribution in [-0.4, -0.2) is 33.6 Å².